The summed E-state index contributed by atoms with van der Waals surface area (Å²) in [5.41, 5.74) is 1.40. The minimum Gasteiger partial charge on any atom is -0.289 e. The van der Waals surface area contributed by atoms with Crippen LogP contribution in [-0.2, 0) is 0 Å². The molecule has 0 aliphatic heterocycles. The smallest absolute Gasteiger partial charge is 0.187 e. The third kappa shape index (κ3) is 3.06. The molecule has 0 saturated heterocycles. The Morgan fingerprint density at radius 3 is 2.55 bits per heavy atom. The van der Waals surface area contributed by atoms with E-state index in [9.17, 15) is 4.79 Å². The lowest BCUT2D eigenvalue weighted by atomic mass is 10.0. The van der Waals surface area contributed by atoms with Crippen LogP contribution in [0, 0.1) is 0 Å². The summed E-state index contributed by atoms with van der Waals surface area (Å²) < 4.78 is 0. The predicted molar refractivity (Wildman–Crippen MR) is 93.8 cm³/mol. The van der Waals surface area contributed by atoms with E-state index in [1.54, 1.807) is 18.2 Å². The summed E-state index contributed by atoms with van der Waals surface area (Å²) in [4.78, 5) is 12.3. The van der Waals surface area contributed by atoms with Gasteiger partial charge in [-0.15, -0.1) is 0 Å². The van der Waals surface area contributed by atoms with Crippen LogP contribution in [-0.4, -0.2) is 5.78 Å². The number of carbonyl (C=O) groups is 1. The summed E-state index contributed by atoms with van der Waals surface area (Å²) in [6.45, 7) is 0. The maximum Gasteiger partial charge on any atom is 0.187 e. The fourth-order valence-electron chi connectivity index (χ4n) is 2.34. The normalized spacial score (nSPS) is 11.2. The number of rotatable bonds is 3. The molecular weight excluding hydrogens is 315 g/mol. The highest BCUT2D eigenvalue weighted by atomic mass is 35.5. The van der Waals surface area contributed by atoms with Gasteiger partial charge in [-0.1, -0.05) is 71.7 Å². The summed E-state index contributed by atoms with van der Waals surface area (Å²) in [7, 11) is 0. The predicted octanol–water partition coefficient (Wildman–Crippen LogP) is 6.04. The number of hydrogen-bond acceptors (Lipinski definition) is 1. The van der Waals surface area contributed by atoms with Crippen molar-refractivity contribution in [3.63, 3.8) is 0 Å². The lowest BCUT2D eigenvalue weighted by Gasteiger charge is -2.03. The Hall–Kier alpha value is -2.09. The molecule has 22 heavy (non-hydrogen) atoms. The van der Waals surface area contributed by atoms with Crippen LogP contribution in [0.2, 0.25) is 10.0 Å². The van der Waals surface area contributed by atoms with E-state index < -0.39 is 0 Å². The van der Waals surface area contributed by atoms with Crippen LogP contribution in [0.15, 0.2) is 66.7 Å². The average molecular weight is 327 g/mol. The molecular formula is C19H12Cl2O. The third-order valence-corrected chi connectivity index (χ3v) is 4.00. The molecule has 0 amide bonds. The highest BCUT2D eigenvalue weighted by molar-refractivity contribution is 6.36. The van der Waals surface area contributed by atoms with Gasteiger partial charge in [-0.05, 0) is 40.6 Å². The van der Waals surface area contributed by atoms with Crippen LogP contribution in [0.25, 0.3) is 16.8 Å². The van der Waals surface area contributed by atoms with Crippen LogP contribution < -0.4 is 0 Å². The van der Waals surface area contributed by atoms with Crippen molar-refractivity contribution in [1.29, 1.82) is 0 Å². The van der Waals surface area contributed by atoms with Crippen LogP contribution in [0.4, 0.5) is 0 Å². The number of halogens is 2. The van der Waals surface area contributed by atoms with Crippen molar-refractivity contribution in [2.45, 2.75) is 0 Å². The standard InChI is InChI=1S/C19H12Cl2O/c20-15-9-10-18(21)17(12-15)19(22)11-8-14-6-3-5-13-4-1-2-7-16(13)14/h1-12H/b11-8+. The second-order valence-corrected chi connectivity index (χ2v) is 5.73. The maximum atomic E-state index is 12.3. The fourth-order valence-corrected chi connectivity index (χ4v) is 2.72. The molecule has 0 fully saturated rings. The van der Waals surface area contributed by atoms with E-state index in [1.807, 2.05) is 48.5 Å². The number of hydrogen-bond donors (Lipinski definition) is 0. The van der Waals surface area contributed by atoms with Crippen molar-refractivity contribution >= 4 is 45.8 Å². The summed E-state index contributed by atoms with van der Waals surface area (Å²) in [5.74, 6) is -0.166. The Morgan fingerprint density at radius 1 is 0.909 bits per heavy atom. The third-order valence-electron chi connectivity index (χ3n) is 3.43. The van der Waals surface area contributed by atoms with Gasteiger partial charge in [-0.25, -0.2) is 0 Å². The van der Waals surface area contributed by atoms with Gasteiger partial charge in [-0.3, -0.25) is 4.79 Å². The highest BCUT2D eigenvalue weighted by Gasteiger charge is 2.08. The minimum atomic E-state index is -0.166. The van der Waals surface area contributed by atoms with Crippen molar-refractivity contribution < 1.29 is 4.79 Å². The molecule has 0 aliphatic carbocycles. The molecule has 3 aromatic rings. The zero-order chi connectivity index (χ0) is 15.5. The van der Waals surface area contributed by atoms with Gasteiger partial charge in [0.1, 0.15) is 0 Å². The molecule has 3 aromatic carbocycles. The summed E-state index contributed by atoms with van der Waals surface area (Å²) in [6, 6.07) is 18.9. The molecule has 0 bridgehead atoms. The van der Waals surface area contributed by atoms with Gasteiger partial charge in [0.2, 0.25) is 0 Å². The van der Waals surface area contributed by atoms with E-state index in [-0.39, 0.29) is 5.78 Å². The Morgan fingerprint density at radius 2 is 1.68 bits per heavy atom. The van der Waals surface area contributed by atoms with E-state index in [0.717, 1.165) is 16.3 Å². The van der Waals surface area contributed by atoms with Gasteiger partial charge in [-0.2, -0.15) is 0 Å². The first-order valence-electron chi connectivity index (χ1n) is 6.80. The second kappa shape index (κ2) is 6.35. The molecule has 108 valence electrons. The molecule has 0 aliphatic rings. The molecule has 0 aromatic heterocycles. The Kier molecular flexibility index (Phi) is 4.28. The molecule has 0 spiro atoms. The first-order valence-corrected chi connectivity index (χ1v) is 7.56. The summed E-state index contributed by atoms with van der Waals surface area (Å²) >= 11 is 12.0. The fraction of sp³-hybridized carbons (Fsp3) is 0. The number of benzene rings is 3. The van der Waals surface area contributed by atoms with Gasteiger partial charge < -0.3 is 0 Å². The second-order valence-electron chi connectivity index (χ2n) is 4.89. The molecule has 0 saturated carbocycles. The number of allylic oxidation sites excluding steroid dienone is 1. The van der Waals surface area contributed by atoms with Crippen LogP contribution in [0.5, 0.6) is 0 Å². The van der Waals surface area contributed by atoms with Crippen molar-refractivity contribution in [2.24, 2.45) is 0 Å². The summed E-state index contributed by atoms with van der Waals surface area (Å²) in [5, 5.41) is 3.13. The molecule has 0 heterocycles. The number of carbonyl (C=O) groups excluding carboxylic acids is 1. The Balaban J connectivity index is 1.96. The first-order chi connectivity index (χ1) is 10.6. The zero-order valence-electron chi connectivity index (χ0n) is 11.6. The lowest BCUT2D eigenvalue weighted by molar-refractivity contribution is 0.104. The lowest BCUT2D eigenvalue weighted by Crippen LogP contribution is -1.95. The summed E-state index contributed by atoms with van der Waals surface area (Å²) in [6.07, 6.45) is 3.33. The number of fused-ring (bicyclic) bond motifs is 1. The van der Waals surface area contributed by atoms with Crippen molar-refractivity contribution in [3.05, 3.63) is 87.9 Å². The molecule has 1 nitrogen and oxygen atoms in total. The topological polar surface area (TPSA) is 17.1 Å². The maximum absolute atomic E-state index is 12.3. The van der Waals surface area contributed by atoms with Gasteiger partial charge in [0, 0.05) is 10.6 Å². The SMILES string of the molecule is O=C(/C=C/c1cccc2ccccc12)c1cc(Cl)ccc1Cl. The average Bonchev–Trinajstić information content (AvgIpc) is 2.54. The van der Waals surface area contributed by atoms with E-state index in [2.05, 4.69) is 0 Å². The number of ketones is 1. The molecule has 0 atom stereocenters. The van der Waals surface area contributed by atoms with Crippen LogP contribution >= 0.6 is 23.2 Å². The van der Waals surface area contributed by atoms with Crippen LogP contribution in [0.1, 0.15) is 15.9 Å². The van der Waals surface area contributed by atoms with Crippen LogP contribution in [0.3, 0.4) is 0 Å². The van der Waals surface area contributed by atoms with Gasteiger partial charge in [0.15, 0.2) is 5.78 Å². The van der Waals surface area contributed by atoms with Crippen molar-refractivity contribution in [1.82, 2.24) is 0 Å². The van der Waals surface area contributed by atoms with E-state index in [0.29, 0.717) is 15.6 Å². The van der Waals surface area contributed by atoms with Gasteiger partial charge in [0.25, 0.3) is 0 Å². The zero-order valence-corrected chi connectivity index (χ0v) is 13.1. The quantitative estimate of drug-likeness (QED) is 0.423. The minimum absolute atomic E-state index is 0.166. The monoisotopic (exact) mass is 326 g/mol. The largest absolute Gasteiger partial charge is 0.289 e. The first kappa shape index (κ1) is 14.8. The van der Waals surface area contributed by atoms with E-state index in [1.165, 1.54) is 6.08 Å². The molecule has 0 N–H and O–H groups in total. The molecule has 3 heteroatoms. The van der Waals surface area contributed by atoms with Crippen molar-refractivity contribution in [2.75, 3.05) is 0 Å². The van der Waals surface area contributed by atoms with Crippen molar-refractivity contribution in [3.8, 4) is 0 Å². The Bertz CT molecular complexity index is 876. The van der Waals surface area contributed by atoms with Gasteiger partial charge in [0.05, 0.1) is 5.02 Å². The van der Waals surface area contributed by atoms with E-state index in [4.69, 9.17) is 23.2 Å². The molecule has 0 unspecified atom stereocenters. The van der Waals surface area contributed by atoms with Gasteiger partial charge >= 0.3 is 0 Å². The highest BCUT2D eigenvalue weighted by Crippen LogP contribution is 2.23. The molecule has 0 radical (unpaired) electrons. The van der Waals surface area contributed by atoms with E-state index >= 15 is 0 Å². The Labute approximate surface area is 138 Å². The molecule has 3 rings (SSSR count).